The van der Waals surface area contributed by atoms with E-state index < -0.39 is 0 Å². The lowest BCUT2D eigenvalue weighted by atomic mass is 10.1. The van der Waals surface area contributed by atoms with Crippen LogP contribution in [0.4, 0.5) is 5.82 Å². The van der Waals surface area contributed by atoms with Gasteiger partial charge in [-0.05, 0) is 26.2 Å². The van der Waals surface area contributed by atoms with Gasteiger partial charge in [0.2, 0.25) is 5.88 Å². The highest BCUT2D eigenvalue weighted by Crippen LogP contribution is 2.16. The second-order valence-corrected chi connectivity index (χ2v) is 5.61. The molecule has 4 nitrogen and oxygen atoms in total. The van der Waals surface area contributed by atoms with Crippen LogP contribution < -0.4 is 10.1 Å². The Bertz CT molecular complexity index is 349. The van der Waals surface area contributed by atoms with Gasteiger partial charge in [-0.15, -0.1) is 0 Å². The zero-order valence-corrected chi connectivity index (χ0v) is 12.9. The number of ether oxygens (including phenoxy) is 1. The highest BCUT2D eigenvalue weighted by Gasteiger charge is 2.08. The van der Waals surface area contributed by atoms with Gasteiger partial charge in [0.05, 0.1) is 6.61 Å². The number of anilines is 1. The van der Waals surface area contributed by atoms with Gasteiger partial charge in [-0.2, -0.15) is 4.98 Å². The summed E-state index contributed by atoms with van der Waals surface area (Å²) in [5.41, 5.74) is 0. The van der Waals surface area contributed by atoms with Crippen LogP contribution in [0.5, 0.6) is 5.88 Å². The van der Waals surface area contributed by atoms with Crippen LogP contribution >= 0.6 is 0 Å². The van der Waals surface area contributed by atoms with Gasteiger partial charge in [-0.1, -0.05) is 27.2 Å². The predicted molar refractivity (Wildman–Crippen MR) is 79.7 cm³/mol. The first-order valence-electron chi connectivity index (χ1n) is 7.28. The average molecular weight is 265 g/mol. The van der Waals surface area contributed by atoms with Gasteiger partial charge in [0.25, 0.3) is 0 Å². The molecule has 108 valence electrons. The molecule has 0 aromatic carbocycles. The zero-order valence-electron chi connectivity index (χ0n) is 12.9. The molecule has 19 heavy (non-hydrogen) atoms. The summed E-state index contributed by atoms with van der Waals surface area (Å²) >= 11 is 0. The largest absolute Gasteiger partial charge is 0.478 e. The minimum Gasteiger partial charge on any atom is -0.478 e. The summed E-state index contributed by atoms with van der Waals surface area (Å²) in [4.78, 5) is 9.02. The van der Waals surface area contributed by atoms with Crippen molar-refractivity contribution in [2.24, 2.45) is 5.92 Å². The van der Waals surface area contributed by atoms with Gasteiger partial charge in [0.15, 0.2) is 0 Å². The van der Waals surface area contributed by atoms with Crippen molar-refractivity contribution in [3.05, 3.63) is 11.9 Å². The van der Waals surface area contributed by atoms with Crippen molar-refractivity contribution in [3.63, 3.8) is 0 Å². The maximum Gasteiger partial charge on any atom is 0.218 e. The molecular formula is C15H27N3O. The van der Waals surface area contributed by atoms with E-state index in [1.165, 1.54) is 0 Å². The quantitative estimate of drug-likeness (QED) is 0.728. The maximum atomic E-state index is 5.70. The summed E-state index contributed by atoms with van der Waals surface area (Å²) in [7, 11) is 0. The van der Waals surface area contributed by atoms with E-state index in [2.05, 4.69) is 49.9 Å². The second kappa shape index (κ2) is 7.97. The molecule has 0 fully saturated rings. The number of aromatic nitrogens is 2. The van der Waals surface area contributed by atoms with Gasteiger partial charge in [-0.3, -0.25) is 0 Å². The number of nitrogens with one attached hydrogen (secondary N) is 1. The van der Waals surface area contributed by atoms with E-state index in [-0.39, 0.29) is 0 Å². The first-order chi connectivity index (χ1) is 9.01. The minimum atomic E-state index is 0.352. The number of rotatable bonds is 8. The number of hydrogen-bond acceptors (Lipinski definition) is 4. The Kier molecular flexibility index (Phi) is 6.60. The fraction of sp³-hybridized carbons (Fsp3) is 0.733. The van der Waals surface area contributed by atoms with E-state index >= 15 is 0 Å². The Morgan fingerprint density at radius 1 is 1.21 bits per heavy atom. The molecule has 4 heteroatoms. The summed E-state index contributed by atoms with van der Waals surface area (Å²) in [6, 6.07) is 2.24. The van der Waals surface area contributed by atoms with Gasteiger partial charge < -0.3 is 10.1 Å². The van der Waals surface area contributed by atoms with Crippen LogP contribution in [0.25, 0.3) is 0 Å². The van der Waals surface area contributed by atoms with E-state index in [9.17, 15) is 0 Å². The van der Waals surface area contributed by atoms with Crippen LogP contribution in [0, 0.1) is 5.92 Å². The van der Waals surface area contributed by atoms with Crippen molar-refractivity contribution in [1.29, 1.82) is 0 Å². The summed E-state index contributed by atoms with van der Waals surface area (Å²) < 4.78 is 5.70. The summed E-state index contributed by atoms with van der Waals surface area (Å²) in [6.45, 7) is 11.4. The highest BCUT2D eigenvalue weighted by molar-refractivity contribution is 5.39. The van der Waals surface area contributed by atoms with Crippen molar-refractivity contribution in [2.45, 2.75) is 59.9 Å². The Labute approximate surface area is 117 Å². The molecule has 1 aromatic rings. The molecule has 1 rings (SSSR count). The van der Waals surface area contributed by atoms with Gasteiger partial charge in [0, 0.05) is 18.5 Å². The maximum absolute atomic E-state index is 5.70. The third-order valence-corrected chi connectivity index (χ3v) is 2.52. The molecule has 0 saturated carbocycles. The molecule has 1 N–H and O–H groups in total. The van der Waals surface area contributed by atoms with E-state index in [0.29, 0.717) is 17.8 Å². The standard InChI is InChI=1S/C15H27N3O/c1-6-7-8-19-15-10-14(16-12(4)5)17-13(18-15)9-11(2)3/h10-12H,6-9H2,1-5H3,(H,16,17,18). The molecule has 0 aliphatic rings. The van der Waals surface area contributed by atoms with Crippen LogP contribution in [-0.4, -0.2) is 22.6 Å². The van der Waals surface area contributed by atoms with E-state index in [4.69, 9.17) is 4.74 Å². The SMILES string of the molecule is CCCCOc1cc(NC(C)C)nc(CC(C)C)n1. The van der Waals surface area contributed by atoms with Gasteiger partial charge in [-0.25, -0.2) is 4.98 Å². The van der Waals surface area contributed by atoms with E-state index in [0.717, 1.165) is 37.5 Å². The first-order valence-corrected chi connectivity index (χ1v) is 7.28. The molecular weight excluding hydrogens is 238 g/mol. The van der Waals surface area contributed by atoms with Crippen LogP contribution in [0.15, 0.2) is 6.07 Å². The molecule has 0 radical (unpaired) electrons. The van der Waals surface area contributed by atoms with E-state index in [1.807, 2.05) is 6.07 Å². The number of nitrogens with zero attached hydrogens (tertiary/aromatic N) is 2. The van der Waals surface area contributed by atoms with E-state index in [1.54, 1.807) is 0 Å². The molecule has 0 aliphatic heterocycles. The normalized spacial score (nSPS) is 11.1. The fourth-order valence-corrected chi connectivity index (χ4v) is 1.69. The topological polar surface area (TPSA) is 47.0 Å². The van der Waals surface area contributed by atoms with Crippen LogP contribution in [0.1, 0.15) is 53.3 Å². The Hall–Kier alpha value is -1.32. The fourth-order valence-electron chi connectivity index (χ4n) is 1.69. The zero-order chi connectivity index (χ0) is 14.3. The summed E-state index contributed by atoms with van der Waals surface area (Å²) in [6.07, 6.45) is 3.05. The molecule has 0 unspecified atom stereocenters. The summed E-state index contributed by atoms with van der Waals surface area (Å²) in [5, 5.41) is 3.32. The summed E-state index contributed by atoms with van der Waals surface area (Å²) in [5.74, 6) is 2.93. The van der Waals surface area contributed by atoms with Crippen LogP contribution in [0.2, 0.25) is 0 Å². The van der Waals surface area contributed by atoms with Crippen molar-refractivity contribution < 1.29 is 4.74 Å². The molecule has 0 saturated heterocycles. The van der Waals surface area contributed by atoms with Gasteiger partial charge in [0.1, 0.15) is 11.6 Å². The molecule has 1 aromatic heterocycles. The third-order valence-electron chi connectivity index (χ3n) is 2.52. The van der Waals surface area contributed by atoms with Crippen LogP contribution in [0.3, 0.4) is 0 Å². The van der Waals surface area contributed by atoms with Crippen molar-refractivity contribution in [1.82, 2.24) is 9.97 Å². The lowest BCUT2D eigenvalue weighted by Gasteiger charge is -2.13. The Morgan fingerprint density at radius 2 is 1.95 bits per heavy atom. The molecule has 0 atom stereocenters. The first kappa shape index (κ1) is 15.7. The van der Waals surface area contributed by atoms with Crippen molar-refractivity contribution in [2.75, 3.05) is 11.9 Å². The molecule has 1 heterocycles. The predicted octanol–water partition coefficient (Wildman–Crippen LogP) is 3.67. The molecule has 0 aliphatic carbocycles. The lowest BCUT2D eigenvalue weighted by molar-refractivity contribution is 0.296. The van der Waals surface area contributed by atoms with Gasteiger partial charge >= 0.3 is 0 Å². The number of unbranched alkanes of at least 4 members (excludes halogenated alkanes) is 1. The smallest absolute Gasteiger partial charge is 0.218 e. The Balaban J connectivity index is 2.82. The Morgan fingerprint density at radius 3 is 2.53 bits per heavy atom. The number of hydrogen-bond donors (Lipinski definition) is 1. The average Bonchev–Trinajstić information content (AvgIpc) is 2.27. The monoisotopic (exact) mass is 265 g/mol. The second-order valence-electron chi connectivity index (χ2n) is 5.61. The minimum absolute atomic E-state index is 0.352. The molecule has 0 bridgehead atoms. The molecule has 0 spiro atoms. The van der Waals surface area contributed by atoms with Crippen LogP contribution in [-0.2, 0) is 6.42 Å². The van der Waals surface area contributed by atoms with Crippen molar-refractivity contribution in [3.8, 4) is 5.88 Å². The van der Waals surface area contributed by atoms with Crippen molar-refractivity contribution >= 4 is 5.82 Å². The highest BCUT2D eigenvalue weighted by atomic mass is 16.5. The molecule has 0 amide bonds. The lowest BCUT2D eigenvalue weighted by Crippen LogP contribution is -2.13. The third kappa shape index (κ3) is 6.41.